The number of aromatic nitrogens is 2. The first-order valence-electron chi connectivity index (χ1n) is 13.6. The molecule has 12 heteroatoms. The number of likely N-dealkylation sites (tertiary alicyclic amines) is 1. The summed E-state index contributed by atoms with van der Waals surface area (Å²) in [6, 6.07) is 3.47. The van der Waals surface area contributed by atoms with Crippen molar-refractivity contribution in [3.8, 4) is 17.0 Å². The number of rotatable bonds is 4. The Balaban J connectivity index is 1.28. The Hall–Kier alpha value is -3.74. The molecule has 1 aromatic carbocycles. The molecule has 1 unspecified atom stereocenters. The van der Waals surface area contributed by atoms with Gasteiger partial charge >= 0.3 is 6.09 Å². The summed E-state index contributed by atoms with van der Waals surface area (Å²) in [7, 11) is 0. The highest BCUT2D eigenvalue weighted by molar-refractivity contribution is 6.00. The summed E-state index contributed by atoms with van der Waals surface area (Å²) in [4.78, 5) is 25.4. The van der Waals surface area contributed by atoms with E-state index in [4.69, 9.17) is 19.9 Å². The summed E-state index contributed by atoms with van der Waals surface area (Å²) in [6.45, 7) is 6.86. The number of carboxylic acid groups (broad SMARTS) is 1. The van der Waals surface area contributed by atoms with E-state index in [0.29, 0.717) is 67.8 Å². The van der Waals surface area contributed by atoms with Crippen molar-refractivity contribution < 1.29 is 28.5 Å². The number of carbonyl (C=O) groups is 1. The molecule has 3 atom stereocenters. The van der Waals surface area contributed by atoms with Crippen molar-refractivity contribution in [3.05, 3.63) is 35.9 Å². The predicted molar refractivity (Wildman–Crippen MR) is 146 cm³/mol. The molecule has 210 valence electrons. The van der Waals surface area contributed by atoms with Crippen molar-refractivity contribution in [1.82, 2.24) is 14.9 Å². The molecule has 4 aliphatic heterocycles. The Morgan fingerprint density at radius 3 is 2.58 bits per heavy atom. The Bertz CT molecular complexity index is 1490. The van der Waals surface area contributed by atoms with Crippen LogP contribution >= 0.6 is 0 Å². The van der Waals surface area contributed by atoms with Gasteiger partial charge in [-0.25, -0.2) is 19.2 Å². The normalized spacial score (nSPS) is 24.5. The van der Waals surface area contributed by atoms with Crippen molar-refractivity contribution in [2.24, 2.45) is 11.8 Å². The number of hydrogen-bond donors (Lipinski definition) is 3. The molecule has 0 aliphatic carbocycles. The van der Waals surface area contributed by atoms with Gasteiger partial charge in [-0.15, -0.1) is 0 Å². The molecular weight excluding hydrogens is 519 g/mol. The van der Waals surface area contributed by atoms with Gasteiger partial charge in [-0.2, -0.15) is 0 Å². The van der Waals surface area contributed by atoms with Gasteiger partial charge in [-0.05, 0) is 30.0 Å². The number of nitrogens with two attached hydrogens (primary N) is 1. The SMILES string of the molecule is Cc1c(-c2cc3cc(N(C(=O)O)C4[C@@H]5COC[C@H]4CN(C4COC4)C5)ncc3c(N)c2F)cnc2c1NCCO2. The largest absolute Gasteiger partial charge is 0.474 e. The zero-order valence-electron chi connectivity index (χ0n) is 22.1. The Labute approximate surface area is 230 Å². The second-order valence-electron chi connectivity index (χ2n) is 11.0. The minimum atomic E-state index is -1.08. The minimum absolute atomic E-state index is 0.00511. The first kappa shape index (κ1) is 25.2. The van der Waals surface area contributed by atoms with Crippen LogP contribution in [-0.2, 0) is 9.47 Å². The van der Waals surface area contributed by atoms with Crippen LogP contribution in [0.2, 0.25) is 0 Å². The number of benzene rings is 1. The molecule has 2 bridgehead atoms. The second-order valence-corrected chi connectivity index (χ2v) is 11.0. The molecule has 7 rings (SSSR count). The number of fused-ring (bicyclic) bond motifs is 4. The summed E-state index contributed by atoms with van der Waals surface area (Å²) in [5.74, 6) is 0.187. The van der Waals surface area contributed by atoms with Crippen LogP contribution in [-0.4, -0.2) is 90.8 Å². The molecule has 3 saturated heterocycles. The van der Waals surface area contributed by atoms with Crippen LogP contribution < -0.4 is 20.7 Å². The third kappa shape index (κ3) is 4.01. The van der Waals surface area contributed by atoms with E-state index in [1.807, 2.05) is 6.92 Å². The molecule has 3 aromatic rings. The number of pyridine rings is 2. The smallest absolute Gasteiger partial charge is 0.413 e. The molecule has 2 aromatic heterocycles. The van der Waals surface area contributed by atoms with Crippen LogP contribution in [0.15, 0.2) is 24.5 Å². The third-order valence-electron chi connectivity index (χ3n) is 8.68. The van der Waals surface area contributed by atoms with Crippen LogP contribution in [0.1, 0.15) is 5.56 Å². The lowest BCUT2D eigenvalue weighted by molar-refractivity contribution is -0.119. The van der Waals surface area contributed by atoms with Gasteiger partial charge in [0.2, 0.25) is 5.88 Å². The number of ether oxygens (including phenoxy) is 3. The standard InChI is InChI=1S/C28H31FN6O5/c1-14-20(6-33-27-25(14)31-2-3-40-27)19-4-15-5-22(32-7-21(15)24(30)23(19)29)35(28(36)37)26-16-8-34(18-12-39-13-18)9-17(26)11-38-10-16/h4-7,16-18,26,31H,2-3,8-13,30H2,1H3,(H,36,37)/t16-,17+,26?. The second kappa shape index (κ2) is 9.72. The van der Waals surface area contributed by atoms with E-state index < -0.39 is 11.9 Å². The van der Waals surface area contributed by atoms with Gasteiger partial charge < -0.3 is 30.4 Å². The van der Waals surface area contributed by atoms with E-state index in [2.05, 4.69) is 20.2 Å². The summed E-state index contributed by atoms with van der Waals surface area (Å²) in [5.41, 5.74) is 8.61. The maximum Gasteiger partial charge on any atom is 0.413 e. The Morgan fingerprint density at radius 2 is 1.88 bits per heavy atom. The molecule has 40 heavy (non-hydrogen) atoms. The number of nitrogen functional groups attached to an aromatic ring is 1. The van der Waals surface area contributed by atoms with Crippen LogP contribution in [0.5, 0.6) is 5.88 Å². The molecule has 0 radical (unpaired) electrons. The lowest BCUT2D eigenvalue weighted by atomic mass is 9.80. The maximum absolute atomic E-state index is 15.6. The van der Waals surface area contributed by atoms with Gasteiger partial charge in [0, 0.05) is 60.4 Å². The highest BCUT2D eigenvalue weighted by atomic mass is 19.1. The van der Waals surface area contributed by atoms with E-state index in [1.165, 1.54) is 11.1 Å². The van der Waals surface area contributed by atoms with Gasteiger partial charge in [0.1, 0.15) is 18.1 Å². The lowest BCUT2D eigenvalue weighted by Crippen LogP contribution is -2.66. The highest BCUT2D eigenvalue weighted by Gasteiger charge is 2.48. The fourth-order valence-electron chi connectivity index (χ4n) is 6.59. The number of nitrogens with zero attached hydrogens (tertiary/aromatic N) is 4. The highest BCUT2D eigenvalue weighted by Crippen LogP contribution is 2.41. The van der Waals surface area contributed by atoms with Crippen molar-refractivity contribution in [1.29, 1.82) is 0 Å². The number of amides is 1. The quantitative estimate of drug-likeness (QED) is 0.416. The number of anilines is 3. The van der Waals surface area contributed by atoms with Gasteiger partial charge in [0.25, 0.3) is 0 Å². The molecule has 3 fully saturated rings. The molecule has 11 nitrogen and oxygen atoms in total. The average Bonchev–Trinajstić information content (AvgIpc) is 2.90. The molecule has 4 N–H and O–H groups in total. The number of piperidine rings is 1. The van der Waals surface area contributed by atoms with Crippen LogP contribution in [0, 0.1) is 24.6 Å². The first-order valence-corrected chi connectivity index (χ1v) is 13.6. The summed E-state index contributed by atoms with van der Waals surface area (Å²) in [6.07, 6.45) is 1.97. The van der Waals surface area contributed by atoms with Crippen LogP contribution in [0.4, 0.5) is 26.4 Å². The van der Waals surface area contributed by atoms with Gasteiger partial charge in [-0.3, -0.25) is 9.80 Å². The molecule has 1 amide bonds. The fraction of sp³-hybridized carbons (Fsp3) is 0.464. The van der Waals surface area contributed by atoms with E-state index in [-0.39, 0.29) is 34.9 Å². The molecular formula is C28H31FN6O5. The fourth-order valence-corrected chi connectivity index (χ4v) is 6.59. The van der Waals surface area contributed by atoms with E-state index in [1.54, 1.807) is 18.3 Å². The van der Waals surface area contributed by atoms with E-state index in [9.17, 15) is 9.90 Å². The minimum Gasteiger partial charge on any atom is -0.474 e. The topological polar surface area (TPSA) is 135 Å². The number of hydrogen-bond acceptors (Lipinski definition) is 9. The van der Waals surface area contributed by atoms with Crippen molar-refractivity contribution in [2.45, 2.75) is 19.0 Å². The lowest BCUT2D eigenvalue weighted by Gasteiger charge is -2.52. The monoisotopic (exact) mass is 550 g/mol. The van der Waals surface area contributed by atoms with Crippen molar-refractivity contribution in [3.63, 3.8) is 0 Å². The number of halogens is 1. The van der Waals surface area contributed by atoms with Crippen molar-refractivity contribution >= 4 is 34.1 Å². The zero-order valence-corrected chi connectivity index (χ0v) is 22.1. The predicted octanol–water partition coefficient (Wildman–Crippen LogP) is 2.96. The first-order chi connectivity index (χ1) is 19.4. The Morgan fingerprint density at radius 1 is 1.12 bits per heavy atom. The van der Waals surface area contributed by atoms with E-state index in [0.717, 1.165) is 24.3 Å². The summed E-state index contributed by atoms with van der Waals surface area (Å²) in [5, 5.41) is 14.7. The van der Waals surface area contributed by atoms with Gasteiger partial charge in [0.05, 0.1) is 44.2 Å². The van der Waals surface area contributed by atoms with E-state index >= 15 is 4.39 Å². The molecule has 0 spiro atoms. The zero-order chi connectivity index (χ0) is 27.5. The number of nitrogens with one attached hydrogen (secondary N) is 1. The van der Waals surface area contributed by atoms with Crippen LogP contribution in [0.3, 0.4) is 0 Å². The van der Waals surface area contributed by atoms with Gasteiger partial charge in [0.15, 0.2) is 5.82 Å². The Kier molecular flexibility index (Phi) is 6.13. The summed E-state index contributed by atoms with van der Waals surface area (Å²) >= 11 is 0. The molecule has 0 saturated carbocycles. The maximum atomic E-state index is 15.6. The molecule has 4 aliphatic rings. The van der Waals surface area contributed by atoms with Crippen LogP contribution in [0.25, 0.3) is 21.9 Å². The molecule has 6 heterocycles. The summed E-state index contributed by atoms with van der Waals surface area (Å²) < 4.78 is 32.5. The van der Waals surface area contributed by atoms with Crippen molar-refractivity contribution in [2.75, 3.05) is 68.6 Å². The average molecular weight is 551 g/mol. The third-order valence-corrected chi connectivity index (χ3v) is 8.68. The van der Waals surface area contributed by atoms with Gasteiger partial charge in [-0.1, -0.05) is 0 Å².